The molecule has 0 saturated carbocycles. The van der Waals surface area contributed by atoms with Crippen molar-refractivity contribution in [2.24, 2.45) is 0 Å². The lowest BCUT2D eigenvalue weighted by atomic mass is 10.1. The van der Waals surface area contributed by atoms with Crippen molar-refractivity contribution in [1.82, 2.24) is 14.1 Å². The number of thiophene rings is 1. The van der Waals surface area contributed by atoms with Crippen molar-refractivity contribution in [2.75, 3.05) is 32.7 Å². The molecule has 168 valence electrons. The van der Waals surface area contributed by atoms with Gasteiger partial charge in [-0.25, -0.2) is 13.2 Å². The number of carbonyl (C=O) groups is 2. The molecule has 1 unspecified atom stereocenters. The van der Waals surface area contributed by atoms with E-state index < -0.39 is 27.8 Å². The number of aryl methyl sites for hydroxylation is 2. The van der Waals surface area contributed by atoms with Gasteiger partial charge in [0.2, 0.25) is 15.9 Å². The van der Waals surface area contributed by atoms with Gasteiger partial charge in [-0.1, -0.05) is 0 Å². The van der Waals surface area contributed by atoms with E-state index in [2.05, 4.69) is 0 Å². The Kier molecular flexibility index (Phi) is 6.50. The topological polar surface area (TPSA) is 87.2 Å². The van der Waals surface area contributed by atoms with Crippen molar-refractivity contribution >= 4 is 33.4 Å². The van der Waals surface area contributed by atoms with Crippen molar-refractivity contribution < 1.29 is 22.7 Å². The summed E-state index contributed by atoms with van der Waals surface area (Å²) in [7, 11) is -3.56. The lowest BCUT2D eigenvalue weighted by Crippen LogP contribution is -2.55. The van der Waals surface area contributed by atoms with Crippen LogP contribution in [0.25, 0.3) is 0 Å². The first-order valence-electron chi connectivity index (χ1n) is 10.3. The van der Waals surface area contributed by atoms with E-state index in [4.69, 9.17) is 4.74 Å². The molecule has 1 atom stereocenters. The molecule has 3 rings (SSSR count). The molecule has 2 fully saturated rings. The summed E-state index contributed by atoms with van der Waals surface area (Å²) in [5.41, 5.74) is -0.620. The average molecular weight is 458 g/mol. The zero-order valence-corrected chi connectivity index (χ0v) is 19.9. The van der Waals surface area contributed by atoms with E-state index in [1.807, 2.05) is 13.8 Å². The highest BCUT2D eigenvalue weighted by molar-refractivity contribution is 7.89. The van der Waals surface area contributed by atoms with Crippen LogP contribution in [-0.2, 0) is 19.6 Å². The number of hydrogen-bond donors (Lipinski definition) is 0. The summed E-state index contributed by atoms with van der Waals surface area (Å²) in [6.07, 6.45) is 0.882. The van der Waals surface area contributed by atoms with Crippen LogP contribution in [0.3, 0.4) is 0 Å². The molecule has 0 N–H and O–H groups in total. The number of nitrogens with zero attached hydrogens (tertiary/aromatic N) is 3. The van der Waals surface area contributed by atoms with Crippen LogP contribution in [0.2, 0.25) is 0 Å². The van der Waals surface area contributed by atoms with Crippen molar-refractivity contribution in [2.45, 2.75) is 64.0 Å². The molecule has 1 aromatic heterocycles. The van der Waals surface area contributed by atoms with E-state index in [1.165, 1.54) is 20.5 Å². The van der Waals surface area contributed by atoms with Crippen LogP contribution < -0.4 is 0 Å². The second-order valence-corrected chi connectivity index (χ2v) is 12.2. The Labute approximate surface area is 182 Å². The van der Waals surface area contributed by atoms with Gasteiger partial charge in [-0.3, -0.25) is 9.69 Å². The molecule has 1 aromatic rings. The van der Waals surface area contributed by atoms with Gasteiger partial charge in [-0.15, -0.1) is 11.3 Å². The Morgan fingerprint density at radius 3 is 2.27 bits per heavy atom. The summed E-state index contributed by atoms with van der Waals surface area (Å²) < 4.78 is 32.9. The number of carbonyl (C=O) groups excluding carboxylic acids is 2. The maximum absolute atomic E-state index is 13.1. The molecular weight excluding hydrogens is 426 g/mol. The van der Waals surface area contributed by atoms with Crippen molar-refractivity contribution in [3.63, 3.8) is 0 Å². The van der Waals surface area contributed by atoms with Gasteiger partial charge >= 0.3 is 6.09 Å². The quantitative estimate of drug-likeness (QED) is 0.696. The minimum atomic E-state index is -3.56. The molecule has 0 radical (unpaired) electrons. The SMILES string of the molecule is Cc1cc(S(=O)(=O)N2CCN(C(=O)C3CCCN3C(=O)OC(C)(C)C)CC2)c(C)s1. The van der Waals surface area contributed by atoms with Crippen LogP contribution in [0, 0.1) is 13.8 Å². The highest BCUT2D eigenvalue weighted by Gasteiger charge is 2.40. The maximum Gasteiger partial charge on any atom is 0.410 e. The predicted octanol–water partition coefficient (Wildman–Crippen LogP) is 2.60. The second kappa shape index (κ2) is 8.47. The largest absolute Gasteiger partial charge is 0.444 e. The lowest BCUT2D eigenvalue weighted by Gasteiger charge is -2.37. The number of hydrogen-bond acceptors (Lipinski definition) is 6. The van der Waals surface area contributed by atoms with E-state index in [0.717, 1.165) is 16.2 Å². The monoisotopic (exact) mass is 457 g/mol. The minimum absolute atomic E-state index is 0.127. The Balaban J connectivity index is 1.64. The van der Waals surface area contributed by atoms with Crippen LogP contribution >= 0.6 is 11.3 Å². The van der Waals surface area contributed by atoms with Crippen LogP contribution in [0.5, 0.6) is 0 Å². The van der Waals surface area contributed by atoms with Crippen LogP contribution in [0.4, 0.5) is 4.79 Å². The van der Waals surface area contributed by atoms with E-state index in [1.54, 1.807) is 31.7 Å². The first-order chi connectivity index (χ1) is 13.9. The van der Waals surface area contributed by atoms with Crippen LogP contribution in [-0.4, -0.2) is 78.9 Å². The molecule has 2 saturated heterocycles. The van der Waals surface area contributed by atoms with Crippen molar-refractivity contribution in [3.05, 3.63) is 15.8 Å². The maximum atomic E-state index is 13.1. The number of ether oxygens (including phenoxy) is 1. The molecule has 0 spiro atoms. The molecule has 0 aliphatic carbocycles. The molecule has 2 aliphatic heterocycles. The molecule has 3 heterocycles. The second-order valence-electron chi connectivity index (χ2n) is 8.84. The highest BCUT2D eigenvalue weighted by Crippen LogP contribution is 2.29. The number of amides is 2. The van der Waals surface area contributed by atoms with Crippen molar-refractivity contribution in [3.8, 4) is 0 Å². The Hall–Kier alpha value is -1.65. The minimum Gasteiger partial charge on any atom is -0.444 e. The Bertz CT molecular complexity index is 911. The van der Waals surface area contributed by atoms with Gasteiger partial charge in [0.1, 0.15) is 11.6 Å². The average Bonchev–Trinajstić information content (AvgIpc) is 3.26. The molecule has 2 amide bonds. The number of sulfonamides is 1. The molecule has 0 bridgehead atoms. The van der Waals surface area contributed by atoms with Gasteiger partial charge in [0.15, 0.2) is 0 Å². The van der Waals surface area contributed by atoms with Crippen LogP contribution in [0.1, 0.15) is 43.4 Å². The normalized spacial score (nSPS) is 21.2. The lowest BCUT2D eigenvalue weighted by molar-refractivity contribution is -0.137. The fraction of sp³-hybridized carbons (Fsp3) is 0.700. The summed E-state index contributed by atoms with van der Waals surface area (Å²) in [6, 6.07) is 1.18. The number of piperazine rings is 1. The molecule has 8 nitrogen and oxygen atoms in total. The highest BCUT2D eigenvalue weighted by atomic mass is 32.2. The van der Waals surface area contributed by atoms with Gasteiger partial charge in [0.05, 0.1) is 4.90 Å². The number of likely N-dealkylation sites (tertiary alicyclic amines) is 1. The summed E-state index contributed by atoms with van der Waals surface area (Å²) in [5, 5.41) is 0. The van der Waals surface area contributed by atoms with Gasteiger partial charge in [-0.05, 0) is 53.5 Å². The zero-order chi connectivity index (χ0) is 22.3. The first-order valence-corrected chi connectivity index (χ1v) is 12.5. The van der Waals surface area contributed by atoms with Gasteiger partial charge in [0, 0.05) is 42.5 Å². The van der Waals surface area contributed by atoms with E-state index in [0.29, 0.717) is 31.0 Å². The smallest absolute Gasteiger partial charge is 0.410 e. The Morgan fingerprint density at radius 2 is 1.73 bits per heavy atom. The standard InChI is InChI=1S/C20H31N3O5S2/c1-14-13-17(15(2)29-14)30(26,27)22-11-9-21(10-12-22)18(24)16-7-6-8-23(16)19(25)28-20(3,4)5/h13,16H,6-12H2,1-5H3. The van der Waals surface area contributed by atoms with Crippen molar-refractivity contribution in [1.29, 1.82) is 0 Å². The Morgan fingerprint density at radius 1 is 1.10 bits per heavy atom. The van der Waals surface area contributed by atoms with Gasteiger partial charge in [-0.2, -0.15) is 4.31 Å². The first kappa shape index (κ1) is 23.0. The number of rotatable bonds is 3. The summed E-state index contributed by atoms with van der Waals surface area (Å²) >= 11 is 1.47. The fourth-order valence-electron chi connectivity index (χ4n) is 3.92. The third-order valence-corrected chi connectivity index (χ3v) is 8.45. The molecule has 10 heteroatoms. The zero-order valence-electron chi connectivity index (χ0n) is 18.3. The molecule has 30 heavy (non-hydrogen) atoms. The van der Waals surface area contributed by atoms with E-state index in [-0.39, 0.29) is 19.0 Å². The fourth-order valence-corrected chi connectivity index (χ4v) is 6.87. The van der Waals surface area contributed by atoms with Gasteiger partial charge < -0.3 is 9.64 Å². The predicted molar refractivity (Wildman–Crippen MR) is 115 cm³/mol. The molecule has 0 aromatic carbocycles. The van der Waals surface area contributed by atoms with E-state index in [9.17, 15) is 18.0 Å². The van der Waals surface area contributed by atoms with E-state index >= 15 is 0 Å². The molecule has 2 aliphatic rings. The third-order valence-electron chi connectivity index (χ3n) is 5.33. The van der Waals surface area contributed by atoms with Gasteiger partial charge in [0.25, 0.3) is 0 Å². The molecular formula is C20H31N3O5S2. The summed E-state index contributed by atoms with van der Waals surface area (Å²) in [5.74, 6) is -0.127. The summed E-state index contributed by atoms with van der Waals surface area (Å²) in [4.78, 5) is 30.8. The van der Waals surface area contributed by atoms with Crippen LogP contribution in [0.15, 0.2) is 11.0 Å². The third kappa shape index (κ3) is 4.81. The summed E-state index contributed by atoms with van der Waals surface area (Å²) in [6.45, 7) is 10.7.